The maximum atomic E-state index is 13.7. The largest absolute Gasteiger partial charge is 0.336 e. The van der Waals surface area contributed by atoms with E-state index >= 15 is 0 Å². The lowest BCUT2D eigenvalue weighted by molar-refractivity contribution is 0.632. The minimum Gasteiger partial charge on any atom is -0.336 e. The van der Waals surface area contributed by atoms with Gasteiger partial charge in [0.15, 0.2) is 5.82 Å². The van der Waals surface area contributed by atoms with Gasteiger partial charge in [-0.2, -0.15) is 10.1 Å². The van der Waals surface area contributed by atoms with Crippen LogP contribution in [0.4, 0.5) is 27.5 Å². The minimum absolute atomic E-state index is 0.338. The van der Waals surface area contributed by atoms with Gasteiger partial charge in [-0.25, -0.2) is 4.39 Å². The second-order valence-electron chi connectivity index (χ2n) is 5.19. The molecular weight excluding hydrogens is 293 g/mol. The van der Waals surface area contributed by atoms with Gasteiger partial charge >= 0.3 is 0 Å². The summed E-state index contributed by atoms with van der Waals surface area (Å²) in [6.07, 6.45) is 1.44. The van der Waals surface area contributed by atoms with Crippen LogP contribution in [0.3, 0.4) is 0 Å². The highest BCUT2D eigenvalue weighted by molar-refractivity contribution is 5.59. The predicted molar refractivity (Wildman–Crippen MR) is 88.7 cm³/mol. The summed E-state index contributed by atoms with van der Waals surface area (Å²) < 4.78 is 13.7. The zero-order valence-corrected chi connectivity index (χ0v) is 12.8. The molecule has 0 atom stereocenters. The number of nitrogens with zero attached hydrogens (tertiary/aromatic N) is 3. The summed E-state index contributed by atoms with van der Waals surface area (Å²) in [5.41, 5.74) is 3.59. The van der Waals surface area contributed by atoms with Crippen molar-refractivity contribution in [2.24, 2.45) is 0 Å². The van der Waals surface area contributed by atoms with E-state index in [1.807, 2.05) is 25.1 Å². The standard InChI is InChI=1S/C17H16FN5/c1-11-7-8-13(9-12(11)2)20-17-22-16(10-19-23-17)21-15-6-4-3-5-14(15)18/h3-10H,1-2H3,(H2,20,21,22,23). The van der Waals surface area contributed by atoms with Crippen molar-refractivity contribution in [1.29, 1.82) is 0 Å². The molecule has 2 aromatic carbocycles. The van der Waals surface area contributed by atoms with Gasteiger partial charge in [-0.15, -0.1) is 5.10 Å². The van der Waals surface area contributed by atoms with Gasteiger partial charge in [0.05, 0.1) is 11.9 Å². The molecule has 0 bridgehead atoms. The molecule has 0 radical (unpaired) electrons. The summed E-state index contributed by atoms with van der Waals surface area (Å²) in [7, 11) is 0. The number of hydrogen-bond acceptors (Lipinski definition) is 5. The summed E-state index contributed by atoms with van der Waals surface area (Å²) in [5.74, 6) is 0.404. The van der Waals surface area contributed by atoms with E-state index in [0.717, 1.165) is 5.69 Å². The van der Waals surface area contributed by atoms with Gasteiger partial charge in [0, 0.05) is 5.69 Å². The zero-order valence-electron chi connectivity index (χ0n) is 12.8. The van der Waals surface area contributed by atoms with Crippen molar-refractivity contribution in [3.8, 4) is 0 Å². The first-order chi connectivity index (χ1) is 11.1. The Labute approximate surface area is 133 Å². The summed E-state index contributed by atoms with van der Waals surface area (Å²) >= 11 is 0. The normalized spacial score (nSPS) is 10.4. The van der Waals surface area contributed by atoms with Gasteiger partial charge in [0.25, 0.3) is 0 Å². The molecule has 0 spiro atoms. The Morgan fingerprint density at radius 3 is 2.57 bits per heavy atom. The molecule has 0 amide bonds. The highest BCUT2D eigenvalue weighted by Crippen LogP contribution is 2.20. The third-order valence-electron chi connectivity index (χ3n) is 3.46. The number of aryl methyl sites for hydroxylation is 2. The van der Waals surface area contributed by atoms with Crippen LogP contribution in [-0.2, 0) is 0 Å². The predicted octanol–water partition coefficient (Wildman–Crippen LogP) is 4.11. The number of benzene rings is 2. The average Bonchev–Trinajstić information content (AvgIpc) is 2.54. The number of halogens is 1. The Balaban J connectivity index is 1.79. The van der Waals surface area contributed by atoms with Crippen LogP contribution < -0.4 is 10.6 Å². The second-order valence-corrected chi connectivity index (χ2v) is 5.19. The molecule has 23 heavy (non-hydrogen) atoms. The SMILES string of the molecule is Cc1ccc(Nc2nncc(Nc3ccccc3F)n2)cc1C. The summed E-state index contributed by atoms with van der Waals surface area (Å²) in [6.45, 7) is 4.09. The van der Waals surface area contributed by atoms with E-state index in [1.54, 1.807) is 18.2 Å². The lowest BCUT2D eigenvalue weighted by Crippen LogP contribution is -2.03. The van der Waals surface area contributed by atoms with Gasteiger partial charge in [-0.05, 0) is 49.2 Å². The molecule has 0 saturated heterocycles. The molecule has 5 nitrogen and oxygen atoms in total. The molecule has 1 heterocycles. The van der Waals surface area contributed by atoms with Gasteiger partial charge < -0.3 is 10.6 Å². The van der Waals surface area contributed by atoms with Crippen LogP contribution in [0.1, 0.15) is 11.1 Å². The molecule has 2 N–H and O–H groups in total. The van der Waals surface area contributed by atoms with Gasteiger partial charge in [0.2, 0.25) is 5.95 Å². The minimum atomic E-state index is -0.352. The number of nitrogens with one attached hydrogen (secondary N) is 2. The summed E-state index contributed by atoms with van der Waals surface area (Å²) in [5, 5.41) is 13.8. The quantitative estimate of drug-likeness (QED) is 0.759. The molecular formula is C17H16FN5. The fraction of sp³-hybridized carbons (Fsp3) is 0.118. The van der Waals surface area contributed by atoms with Crippen LogP contribution in [-0.4, -0.2) is 15.2 Å². The average molecular weight is 309 g/mol. The monoisotopic (exact) mass is 309 g/mol. The van der Waals surface area contributed by atoms with E-state index < -0.39 is 0 Å². The smallest absolute Gasteiger partial charge is 0.249 e. The fourth-order valence-electron chi connectivity index (χ4n) is 2.07. The third-order valence-corrected chi connectivity index (χ3v) is 3.46. The number of aromatic nitrogens is 3. The Kier molecular flexibility index (Phi) is 4.14. The number of para-hydroxylation sites is 1. The summed E-state index contributed by atoms with van der Waals surface area (Å²) in [4.78, 5) is 4.29. The van der Waals surface area contributed by atoms with E-state index in [0.29, 0.717) is 17.5 Å². The van der Waals surface area contributed by atoms with Crippen LogP contribution in [0.25, 0.3) is 0 Å². The van der Waals surface area contributed by atoms with E-state index in [-0.39, 0.29) is 5.82 Å². The second kappa shape index (κ2) is 6.39. The van der Waals surface area contributed by atoms with Crippen LogP contribution >= 0.6 is 0 Å². The molecule has 0 saturated carbocycles. The molecule has 0 aliphatic carbocycles. The van der Waals surface area contributed by atoms with Gasteiger partial charge in [-0.3, -0.25) is 0 Å². The van der Waals surface area contributed by atoms with E-state index in [2.05, 4.69) is 32.7 Å². The molecule has 0 aliphatic heterocycles. The first-order valence-corrected chi connectivity index (χ1v) is 7.17. The molecule has 3 rings (SSSR count). The number of rotatable bonds is 4. The van der Waals surface area contributed by atoms with E-state index in [9.17, 15) is 4.39 Å². The van der Waals surface area contributed by atoms with Crippen molar-refractivity contribution in [2.75, 3.05) is 10.6 Å². The highest BCUT2D eigenvalue weighted by Gasteiger charge is 2.05. The molecule has 0 unspecified atom stereocenters. The van der Waals surface area contributed by atoms with Gasteiger partial charge in [-0.1, -0.05) is 18.2 Å². The molecule has 116 valence electrons. The van der Waals surface area contributed by atoms with Crippen molar-refractivity contribution >= 4 is 23.1 Å². The van der Waals surface area contributed by atoms with Crippen molar-refractivity contribution < 1.29 is 4.39 Å². The Morgan fingerprint density at radius 1 is 0.957 bits per heavy atom. The maximum absolute atomic E-state index is 13.7. The van der Waals surface area contributed by atoms with Crippen LogP contribution in [0.15, 0.2) is 48.7 Å². The topological polar surface area (TPSA) is 62.7 Å². The van der Waals surface area contributed by atoms with Crippen LogP contribution in [0, 0.1) is 19.7 Å². The fourth-order valence-corrected chi connectivity index (χ4v) is 2.07. The lowest BCUT2D eigenvalue weighted by Gasteiger charge is -2.09. The van der Waals surface area contributed by atoms with Crippen LogP contribution in [0.2, 0.25) is 0 Å². The maximum Gasteiger partial charge on any atom is 0.249 e. The zero-order chi connectivity index (χ0) is 16.2. The van der Waals surface area contributed by atoms with Crippen molar-refractivity contribution in [1.82, 2.24) is 15.2 Å². The first-order valence-electron chi connectivity index (χ1n) is 7.17. The van der Waals surface area contributed by atoms with E-state index in [4.69, 9.17) is 0 Å². The van der Waals surface area contributed by atoms with Crippen molar-refractivity contribution in [3.05, 3.63) is 65.6 Å². The molecule has 0 aliphatic rings. The molecule has 0 fully saturated rings. The molecule has 1 aromatic heterocycles. The summed E-state index contributed by atoms with van der Waals surface area (Å²) in [6, 6.07) is 12.4. The Morgan fingerprint density at radius 2 is 1.78 bits per heavy atom. The first kappa shape index (κ1) is 14.9. The Bertz CT molecular complexity index is 835. The Hall–Kier alpha value is -3.02. The third kappa shape index (κ3) is 3.60. The lowest BCUT2D eigenvalue weighted by atomic mass is 10.1. The van der Waals surface area contributed by atoms with Crippen LogP contribution in [0.5, 0.6) is 0 Å². The highest BCUT2D eigenvalue weighted by atomic mass is 19.1. The van der Waals surface area contributed by atoms with Crippen molar-refractivity contribution in [3.63, 3.8) is 0 Å². The van der Waals surface area contributed by atoms with Crippen molar-refractivity contribution in [2.45, 2.75) is 13.8 Å². The number of anilines is 4. The molecule has 6 heteroatoms. The van der Waals surface area contributed by atoms with Gasteiger partial charge in [0.1, 0.15) is 5.82 Å². The van der Waals surface area contributed by atoms with E-state index in [1.165, 1.54) is 23.4 Å². The molecule has 3 aromatic rings. The number of hydrogen-bond donors (Lipinski definition) is 2.